The normalized spacial score (nSPS) is 13.5. The predicted octanol–water partition coefficient (Wildman–Crippen LogP) is 3.05. The Morgan fingerprint density at radius 1 is 1.35 bits per heavy atom. The smallest absolute Gasteiger partial charge is 0.401 e. The Hall–Kier alpha value is -1.30. The molecule has 0 saturated carbocycles. The van der Waals surface area contributed by atoms with Crippen LogP contribution >= 0.6 is 0 Å². The maximum atomic E-state index is 13.5. The van der Waals surface area contributed by atoms with Crippen LogP contribution in [-0.2, 0) is 0 Å². The Morgan fingerprint density at radius 2 is 2.00 bits per heavy atom. The fourth-order valence-corrected chi connectivity index (χ4v) is 1.49. The van der Waals surface area contributed by atoms with Crippen LogP contribution in [0.5, 0.6) is 5.75 Å². The van der Waals surface area contributed by atoms with Crippen LogP contribution in [-0.4, -0.2) is 19.8 Å². The lowest BCUT2D eigenvalue weighted by molar-refractivity contribution is -0.126. The summed E-state index contributed by atoms with van der Waals surface area (Å²) in [6.07, 6.45) is -4.33. The zero-order valence-electron chi connectivity index (χ0n) is 9.44. The van der Waals surface area contributed by atoms with Crippen molar-refractivity contribution in [2.45, 2.75) is 19.1 Å². The summed E-state index contributed by atoms with van der Waals surface area (Å²) < 4.78 is 54.5. The van der Waals surface area contributed by atoms with Gasteiger partial charge < -0.3 is 10.1 Å². The first-order chi connectivity index (χ1) is 7.85. The van der Waals surface area contributed by atoms with E-state index in [1.165, 1.54) is 32.2 Å². The van der Waals surface area contributed by atoms with Gasteiger partial charge in [-0.3, -0.25) is 0 Å². The lowest BCUT2D eigenvalue weighted by Gasteiger charge is -2.18. The fraction of sp³-hybridized carbons (Fsp3) is 0.455. The van der Waals surface area contributed by atoms with Gasteiger partial charge in [0.05, 0.1) is 13.7 Å². The van der Waals surface area contributed by atoms with Gasteiger partial charge in [0.15, 0.2) is 0 Å². The first kappa shape index (κ1) is 13.8. The molecule has 0 saturated heterocycles. The summed E-state index contributed by atoms with van der Waals surface area (Å²) in [4.78, 5) is 0. The topological polar surface area (TPSA) is 21.3 Å². The Bertz CT molecular complexity index is 378. The van der Waals surface area contributed by atoms with Crippen molar-refractivity contribution in [3.63, 3.8) is 0 Å². The standard InChI is InChI=1S/C11H13F4NO/c1-7(16-6-11(13,14)15)10-8(12)4-3-5-9(10)17-2/h3-5,7,16H,6H2,1-2H3/t7-/m1/s1. The summed E-state index contributed by atoms with van der Waals surface area (Å²) in [5.74, 6) is -0.362. The summed E-state index contributed by atoms with van der Waals surface area (Å²) in [5.41, 5.74) is 0.0965. The Morgan fingerprint density at radius 3 is 2.53 bits per heavy atom. The van der Waals surface area contributed by atoms with E-state index in [-0.39, 0.29) is 11.3 Å². The number of halogens is 4. The number of benzene rings is 1. The molecule has 1 aromatic rings. The lowest BCUT2D eigenvalue weighted by Crippen LogP contribution is -2.31. The highest BCUT2D eigenvalue weighted by atomic mass is 19.4. The molecule has 0 aliphatic heterocycles. The van der Waals surface area contributed by atoms with Crippen LogP contribution < -0.4 is 10.1 Å². The molecule has 0 aliphatic rings. The van der Waals surface area contributed by atoms with Crippen molar-refractivity contribution in [3.05, 3.63) is 29.6 Å². The quantitative estimate of drug-likeness (QED) is 0.830. The second kappa shape index (κ2) is 5.35. The maximum absolute atomic E-state index is 13.5. The van der Waals surface area contributed by atoms with Crippen molar-refractivity contribution in [2.75, 3.05) is 13.7 Å². The third-order valence-corrected chi connectivity index (χ3v) is 2.27. The summed E-state index contributed by atoms with van der Waals surface area (Å²) >= 11 is 0. The molecule has 0 heterocycles. The van der Waals surface area contributed by atoms with E-state index >= 15 is 0 Å². The molecule has 0 aromatic heterocycles. The van der Waals surface area contributed by atoms with Crippen molar-refractivity contribution in [1.29, 1.82) is 0 Å². The van der Waals surface area contributed by atoms with Crippen LogP contribution in [0.2, 0.25) is 0 Å². The summed E-state index contributed by atoms with van der Waals surface area (Å²) in [5, 5.41) is 2.21. The highest BCUT2D eigenvalue weighted by Crippen LogP contribution is 2.28. The van der Waals surface area contributed by atoms with Crippen molar-refractivity contribution < 1.29 is 22.3 Å². The van der Waals surface area contributed by atoms with Crippen LogP contribution in [0.15, 0.2) is 18.2 Å². The third-order valence-electron chi connectivity index (χ3n) is 2.27. The highest BCUT2D eigenvalue weighted by molar-refractivity contribution is 5.36. The van der Waals surface area contributed by atoms with Crippen LogP contribution in [0.3, 0.4) is 0 Å². The molecule has 6 heteroatoms. The van der Waals surface area contributed by atoms with Gasteiger partial charge in [-0.15, -0.1) is 0 Å². The minimum absolute atomic E-state index is 0.0965. The lowest BCUT2D eigenvalue weighted by atomic mass is 10.1. The first-order valence-corrected chi connectivity index (χ1v) is 4.97. The average molecular weight is 251 g/mol. The zero-order valence-corrected chi connectivity index (χ0v) is 9.44. The highest BCUT2D eigenvalue weighted by Gasteiger charge is 2.28. The SMILES string of the molecule is COc1cccc(F)c1[C@@H](C)NCC(F)(F)F. The molecule has 0 radical (unpaired) electrons. The fourth-order valence-electron chi connectivity index (χ4n) is 1.49. The third kappa shape index (κ3) is 3.89. The van der Waals surface area contributed by atoms with Crippen molar-refractivity contribution in [3.8, 4) is 5.75 Å². The van der Waals surface area contributed by atoms with E-state index in [9.17, 15) is 17.6 Å². The molecule has 0 amide bonds. The van der Waals surface area contributed by atoms with Crippen LogP contribution in [0.4, 0.5) is 17.6 Å². The van der Waals surface area contributed by atoms with E-state index in [0.717, 1.165) is 0 Å². The van der Waals surface area contributed by atoms with E-state index in [0.29, 0.717) is 0 Å². The van der Waals surface area contributed by atoms with Gasteiger partial charge >= 0.3 is 6.18 Å². The molecule has 0 aliphatic carbocycles. The minimum Gasteiger partial charge on any atom is -0.496 e. The van der Waals surface area contributed by atoms with Crippen molar-refractivity contribution >= 4 is 0 Å². The molecule has 1 aromatic carbocycles. The Kier molecular flexibility index (Phi) is 4.34. The van der Waals surface area contributed by atoms with Gasteiger partial charge in [-0.1, -0.05) is 6.07 Å². The van der Waals surface area contributed by atoms with Crippen LogP contribution in [0, 0.1) is 5.82 Å². The molecule has 0 spiro atoms. The number of ether oxygens (including phenoxy) is 1. The number of nitrogens with one attached hydrogen (secondary N) is 1. The molecular formula is C11H13F4NO. The number of rotatable bonds is 4. The largest absolute Gasteiger partial charge is 0.496 e. The summed E-state index contributed by atoms with van der Waals surface area (Å²) in [7, 11) is 1.34. The van der Waals surface area contributed by atoms with Crippen molar-refractivity contribution in [2.24, 2.45) is 0 Å². The first-order valence-electron chi connectivity index (χ1n) is 4.97. The van der Waals surface area contributed by atoms with Crippen LogP contribution in [0.25, 0.3) is 0 Å². The molecule has 1 rings (SSSR count). The average Bonchev–Trinajstić information content (AvgIpc) is 2.24. The van der Waals surface area contributed by atoms with Gasteiger partial charge in [-0.05, 0) is 19.1 Å². The molecular weight excluding hydrogens is 238 g/mol. The summed E-state index contributed by atoms with van der Waals surface area (Å²) in [6.45, 7) is 0.276. The molecule has 1 atom stereocenters. The minimum atomic E-state index is -4.33. The van der Waals surface area contributed by atoms with E-state index in [1.54, 1.807) is 0 Å². The summed E-state index contributed by atoms with van der Waals surface area (Å²) in [6, 6.07) is 3.34. The number of alkyl halides is 3. The second-order valence-corrected chi connectivity index (χ2v) is 3.57. The van der Waals surface area contributed by atoms with Crippen LogP contribution in [0.1, 0.15) is 18.5 Å². The van der Waals surface area contributed by atoms with Crippen molar-refractivity contribution in [1.82, 2.24) is 5.32 Å². The van der Waals surface area contributed by atoms with Gasteiger partial charge in [0.1, 0.15) is 11.6 Å². The van der Waals surface area contributed by atoms with E-state index in [1.807, 2.05) is 0 Å². The van der Waals surface area contributed by atoms with E-state index < -0.39 is 24.6 Å². The maximum Gasteiger partial charge on any atom is 0.401 e. The monoisotopic (exact) mass is 251 g/mol. The molecule has 17 heavy (non-hydrogen) atoms. The van der Waals surface area contributed by atoms with E-state index in [2.05, 4.69) is 5.32 Å². The molecule has 96 valence electrons. The molecule has 0 fully saturated rings. The number of hydrogen-bond donors (Lipinski definition) is 1. The molecule has 0 unspecified atom stereocenters. The molecule has 1 N–H and O–H groups in total. The van der Waals surface area contributed by atoms with Gasteiger partial charge in [0, 0.05) is 11.6 Å². The van der Waals surface area contributed by atoms with Gasteiger partial charge in [-0.25, -0.2) is 4.39 Å². The Balaban J connectivity index is 2.84. The molecule has 0 bridgehead atoms. The van der Waals surface area contributed by atoms with Gasteiger partial charge in [0.25, 0.3) is 0 Å². The van der Waals surface area contributed by atoms with E-state index in [4.69, 9.17) is 4.74 Å². The van der Waals surface area contributed by atoms with Gasteiger partial charge in [0.2, 0.25) is 0 Å². The predicted molar refractivity (Wildman–Crippen MR) is 55.4 cm³/mol. The molecule has 2 nitrogen and oxygen atoms in total. The number of hydrogen-bond acceptors (Lipinski definition) is 2. The second-order valence-electron chi connectivity index (χ2n) is 3.57. The zero-order chi connectivity index (χ0) is 13.1. The number of methoxy groups -OCH3 is 1. The van der Waals surface area contributed by atoms with Gasteiger partial charge in [-0.2, -0.15) is 13.2 Å². The Labute approximate surface area is 96.6 Å².